The van der Waals surface area contributed by atoms with Crippen LogP contribution >= 0.6 is 0 Å². The number of hydrogen-bond donors (Lipinski definition) is 0. The summed E-state index contributed by atoms with van der Waals surface area (Å²) in [7, 11) is 1.24. The topological polar surface area (TPSA) is 105 Å². The molecule has 0 aromatic carbocycles. The van der Waals surface area contributed by atoms with E-state index < -0.39 is 10.9 Å². The van der Waals surface area contributed by atoms with Crippen molar-refractivity contribution in [3.63, 3.8) is 0 Å². The maximum Gasteiger partial charge on any atom is 0.373 e. The van der Waals surface area contributed by atoms with E-state index in [-0.39, 0.29) is 23.9 Å². The summed E-state index contributed by atoms with van der Waals surface area (Å²) in [5.74, 6) is -0.364. The Hall–Kier alpha value is -2.90. The van der Waals surface area contributed by atoms with Crippen LogP contribution in [0.2, 0.25) is 0 Å². The van der Waals surface area contributed by atoms with E-state index in [1.807, 2.05) is 0 Å². The van der Waals surface area contributed by atoms with Crippen LogP contribution in [0.15, 0.2) is 28.8 Å². The maximum atomic E-state index is 11.2. The van der Waals surface area contributed by atoms with E-state index in [4.69, 9.17) is 9.15 Å². The third-order valence-electron chi connectivity index (χ3n) is 2.57. The number of methoxy groups -OCH3 is 1. The van der Waals surface area contributed by atoms with Gasteiger partial charge in [-0.05, 0) is 24.6 Å². The third kappa shape index (κ3) is 3.35. The van der Waals surface area contributed by atoms with Crippen molar-refractivity contribution in [2.75, 3.05) is 7.11 Å². The zero-order valence-electron chi connectivity index (χ0n) is 11.4. The first-order chi connectivity index (χ1) is 10.0. The predicted molar refractivity (Wildman–Crippen MR) is 70.0 cm³/mol. The molecule has 110 valence electrons. The molecule has 2 heterocycles. The number of esters is 1. The fourth-order valence-electron chi connectivity index (χ4n) is 1.59. The molecule has 2 aromatic heterocycles. The zero-order valence-corrected chi connectivity index (χ0v) is 11.4. The Morgan fingerprint density at radius 2 is 2.24 bits per heavy atom. The van der Waals surface area contributed by atoms with Gasteiger partial charge in [0.25, 0.3) is 5.88 Å². The van der Waals surface area contributed by atoms with Crippen LogP contribution in [-0.2, 0) is 11.3 Å². The molecular formula is C13H12N2O6. The molecule has 0 unspecified atom stereocenters. The van der Waals surface area contributed by atoms with Gasteiger partial charge in [-0.3, -0.25) is 10.1 Å². The highest BCUT2D eigenvalue weighted by molar-refractivity contribution is 5.86. The van der Waals surface area contributed by atoms with Crippen LogP contribution in [0.4, 0.5) is 5.69 Å². The lowest BCUT2D eigenvalue weighted by molar-refractivity contribution is -0.386. The van der Waals surface area contributed by atoms with E-state index in [0.717, 1.165) is 0 Å². The van der Waals surface area contributed by atoms with Crippen LogP contribution in [0.5, 0.6) is 5.88 Å². The van der Waals surface area contributed by atoms with Gasteiger partial charge in [-0.2, -0.15) is 0 Å². The first kappa shape index (κ1) is 14.5. The van der Waals surface area contributed by atoms with Gasteiger partial charge < -0.3 is 13.9 Å². The molecule has 0 saturated carbocycles. The summed E-state index contributed by atoms with van der Waals surface area (Å²) in [4.78, 5) is 25.4. The number of pyridine rings is 1. The molecule has 0 bridgehead atoms. The van der Waals surface area contributed by atoms with Gasteiger partial charge in [-0.15, -0.1) is 0 Å². The highest BCUT2D eigenvalue weighted by Gasteiger charge is 2.18. The van der Waals surface area contributed by atoms with Gasteiger partial charge in [0.1, 0.15) is 12.4 Å². The Morgan fingerprint density at radius 3 is 2.90 bits per heavy atom. The minimum absolute atomic E-state index is 0.0301. The average Bonchev–Trinajstić information content (AvgIpc) is 2.93. The Kier molecular flexibility index (Phi) is 4.17. The molecule has 0 N–H and O–H groups in total. The molecule has 8 heteroatoms. The number of carbonyl (C=O) groups excluding carboxylic acids is 1. The average molecular weight is 292 g/mol. The fourth-order valence-corrected chi connectivity index (χ4v) is 1.59. The molecule has 0 aliphatic heterocycles. The molecule has 2 rings (SSSR count). The number of aromatic nitrogens is 1. The minimum atomic E-state index is -0.610. The van der Waals surface area contributed by atoms with E-state index in [9.17, 15) is 14.9 Å². The Morgan fingerprint density at radius 1 is 1.48 bits per heavy atom. The van der Waals surface area contributed by atoms with Crippen LogP contribution in [-0.4, -0.2) is 23.0 Å². The summed E-state index contributed by atoms with van der Waals surface area (Å²) in [6.07, 6.45) is 1.46. The van der Waals surface area contributed by atoms with Gasteiger partial charge in [0.05, 0.1) is 12.0 Å². The van der Waals surface area contributed by atoms with Crippen molar-refractivity contribution in [3.8, 4) is 5.88 Å². The second-order valence-corrected chi connectivity index (χ2v) is 4.14. The molecule has 0 amide bonds. The number of ether oxygens (including phenoxy) is 2. The van der Waals surface area contributed by atoms with Crippen molar-refractivity contribution in [1.29, 1.82) is 0 Å². The third-order valence-corrected chi connectivity index (χ3v) is 2.57. The summed E-state index contributed by atoms with van der Waals surface area (Å²) in [6.45, 7) is 1.60. The highest BCUT2D eigenvalue weighted by atomic mass is 16.6. The molecule has 8 nitrogen and oxygen atoms in total. The second-order valence-electron chi connectivity index (χ2n) is 4.14. The summed E-state index contributed by atoms with van der Waals surface area (Å²) in [5, 5.41) is 10.9. The minimum Gasteiger partial charge on any atom is -0.465 e. The van der Waals surface area contributed by atoms with Crippen molar-refractivity contribution >= 4 is 11.7 Å². The van der Waals surface area contributed by atoms with Gasteiger partial charge in [0.15, 0.2) is 0 Å². The van der Waals surface area contributed by atoms with Crippen LogP contribution in [0, 0.1) is 17.0 Å². The Labute approximate surface area is 119 Å². The smallest absolute Gasteiger partial charge is 0.373 e. The molecule has 2 aromatic rings. The Bertz CT molecular complexity index is 679. The first-order valence-corrected chi connectivity index (χ1v) is 5.92. The molecular weight excluding hydrogens is 280 g/mol. The zero-order chi connectivity index (χ0) is 15.4. The van der Waals surface area contributed by atoms with Gasteiger partial charge in [0.2, 0.25) is 5.76 Å². The van der Waals surface area contributed by atoms with Crippen LogP contribution in [0.1, 0.15) is 21.9 Å². The number of carbonyl (C=O) groups is 1. The van der Waals surface area contributed by atoms with Crippen LogP contribution < -0.4 is 4.74 Å². The van der Waals surface area contributed by atoms with Gasteiger partial charge >= 0.3 is 11.7 Å². The van der Waals surface area contributed by atoms with Crippen molar-refractivity contribution in [1.82, 2.24) is 4.98 Å². The lowest BCUT2D eigenvalue weighted by Crippen LogP contribution is -2.01. The molecule has 0 radical (unpaired) electrons. The number of nitro groups is 1. The first-order valence-electron chi connectivity index (χ1n) is 5.92. The SMILES string of the molecule is COC(=O)c1ccc(COc2ncc(C)cc2[N+](=O)[O-])o1. The van der Waals surface area contributed by atoms with E-state index in [0.29, 0.717) is 11.3 Å². The summed E-state index contributed by atoms with van der Waals surface area (Å²) >= 11 is 0. The summed E-state index contributed by atoms with van der Waals surface area (Å²) in [5.41, 5.74) is 0.426. The van der Waals surface area contributed by atoms with Crippen molar-refractivity contribution < 1.29 is 23.6 Å². The lowest BCUT2D eigenvalue weighted by Gasteiger charge is -2.04. The number of rotatable bonds is 5. The molecule has 0 fully saturated rings. The number of furan rings is 1. The summed E-state index contributed by atoms with van der Waals surface area (Å²) < 4.78 is 15.0. The van der Waals surface area contributed by atoms with Crippen LogP contribution in [0.25, 0.3) is 0 Å². The highest BCUT2D eigenvalue weighted by Crippen LogP contribution is 2.25. The summed E-state index contributed by atoms with van der Waals surface area (Å²) in [6, 6.07) is 4.32. The molecule has 0 aliphatic carbocycles. The van der Waals surface area contributed by atoms with Gasteiger partial charge in [-0.1, -0.05) is 0 Å². The molecule has 0 atom stereocenters. The molecule has 21 heavy (non-hydrogen) atoms. The van der Waals surface area contributed by atoms with Crippen LogP contribution in [0.3, 0.4) is 0 Å². The molecule has 0 saturated heterocycles. The number of hydrogen-bond acceptors (Lipinski definition) is 7. The normalized spacial score (nSPS) is 10.2. The molecule has 0 spiro atoms. The monoisotopic (exact) mass is 292 g/mol. The Balaban J connectivity index is 2.11. The van der Waals surface area contributed by atoms with E-state index in [1.54, 1.807) is 6.92 Å². The largest absolute Gasteiger partial charge is 0.465 e. The van der Waals surface area contributed by atoms with E-state index in [2.05, 4.69) is 9.72 Å². The number of nitrogens with zero attached hydrogens (tertiary/aromatic N) is 2. The van der Waals surface area contributed by atoms with Gasteiger partial charge in [-0.25, -0.2) is 9.78 Å². The van der Waals surface area contributed by atoms with Gasteiger partial charge in [0, 0.05) is 12.3 Å². The lowest BCUT2D eigenvalue weighted by atomic mass is 10.3. The van der Waals surface area contributed by atoms with E-state index >= 15 is 0 Å². The number of aryl methyl sites for hydroxylation is 1. The standard InChI is InChI=1S/C13H12N2O6/c1-8-5-10(15(17)18)12(14-6-8)20-7-9-3-4-11(21-9)13(16)19-2/h3-6H,7H2,1-2H3. The van der Waals surface area contributed by atoms with Crippen molar-refractivity contribution in [2.45, 2.75) is 13.5 Å². The predicted octanol–water partition coefficient (Wildman–Crippen LogP) is 2.26. The maximum absolute atomic E-state index is 11.2. The van der Waals surface area contributed by atoms with E-state index in [1.165, 1.54) is 31.5 Å². The van der Waals surface area contributed by atoms with Crippen molar-refractivity contribution in [3.05, 3.63) is 51.6 Å². The quantitative estimate of drug-likeness (QED) is 0.472. The fraction of sp³-hybridized carbons (Fsp3) is 0.231. The van der Waals surface area contributed by atoms with Crippen molar-refractivity contribution in [2.24, 2.45) is 0 Å². The second kappa shape index (κ2) is 6.04. The molecule has 0 aliphatic rings.